The molecule has 5 rings (SSSR count). The number of hydrogen-bond acceptors (Lipinski definition) is 2. The Hall–Kier alpha value is -0.0800. The van der Waals surface area contributed by atoms with Crippen molar-refractivity contribution < 1.29 is 0 Å². The van der Waals surface area contributed by atoms with Gasteiger partial charge in [-0.15, -0.1) is 0 Å². The quantitative estimate of drug-likeness (QED) is 0.494. The van der Waals surface area contributed by atoms with Crippen LogP contribution >= 0.6 is 0 Å². The zero-order valence-electron chi connectivity index (χ0n) is 20.8. The van der Waals surface area contributed by atoms with E-state index in [2.05, 4.69) is 37.6 Å². The molecule has 170 valence electrons. The molecule has 0 aromatic rings. The molecule has 29 heavy (non-hydrogen) atoms. The molecule has 0 bridgehead atoms. The lowest BCUT2D eigenvalue weighted by molar-refractivity contribution is -0.0715. The summed E-state index contributed by atoms with van der Waals surface area (Å²) in [5.41, 5.74) is 1.35. The van der Waals surface area contributed by atoms with E-state index in [0.29, 0.717) is 11.1 Å². The van der Waals surface area contributed by atoms with Crippen LogP contribution in [-0.4, -0.2) is 47.1 Å². The lowest BCUT2D eigenvalue weighted by atomic mass is 9.60. The monoisotopic (exact) mass is 404 g/mol. The maximum Gasteiger partial charge on any atom is 0.0218 e. The topological polar surface area (TPSA) is 6.48 Å². The largest absolute Gasteiger partial charge is 0.301 e. The molecule has 0 amide bonds. The van der Waals surface area contributed by atoms with Gasteiger partial charge in [0.15, 0.2) is 0 Å². The van der Waals surface area contributed by atoms with Gasteiger partial charge in [-0.3, -0.25) is 4.90 Å². The standard InChI is InChI=1S/C14H25N.C11H21N.C2H6/c1-11(2)12-9-14(10-12)7-3-4-8-15(14)13-5-6-13;1-3-10-8-11(9-10)6-4-5-7-12(11)2;1-2/h11-13H,3-10H2,1-2H3;10H,3-9H2,1-2H3;1-2H3. The van der Waals surface area contributed by atoms with Gasteiger partial charge >= 0.3 is 0 Å². The fourth-order valence-electron chi connectivity index (χ4n) is 6.95. The number of likely N-dealkylation sites (tertiary alicyclic amines) is 2. The molecule has 2 saturated heterocycles. The molecule has 5 aliphatic rings. The van der Waals surface area contributed by atoms with Crippen LogP contribution in [0, 0.1) is 17.8 Å². The summed E-state index contributed by atoms with van der Waals surface area (Å²) in [5, 5.41) is 0. The van der Waals surface area contributed by atoms with E-state index < -0.39 is 0 Å². The van der Waals surface area contributed by atoms with Crippen molar-refractivity contribution in [3.63, 3.8) is 0 Å². The molecule has 0 N–H and O–H groups in total. The van der Waals surface area contributed by atoms with E-state index in [4.69, 9.17) is 0 Å². The minimum atomic E-state index is 0.666. The molecule has 0 aromatic heterocycles. The van der Waals surface area contributed by atoms with Gasteiger partial charge in [-0.25, -0.2) is 0 Å². The van der Waals surface area contributed by atoms with Crippen LogP contribution in [0.5, 0.6) is 0 Å². The molecule has 0 unspecified atom stereocenters. The summed E-state index contributed by atoms with van der Waals surface area (Å²) >= 11 is 0. The Morgan fingerprint density at radius 1 is 0.828 bits per heavy atom. The van der Waals surface area contributed by atoms with Crippen molar-refractivity contribution in [2.45, 2.75) is 135 Å². The minimum absolute atomic E-state index is 0.666. The van der Waals surface area contributed by atoms with Crippen LogP contribution in [0.4, 0.5) is 0 Å². The third-order valence-corrected chi connectivity index (χ3v) is 9.23. The van der Waals surface area contributed by atoms with Crippen molar-refractivity contribution in [1.82, 2.24) is 9.80 Å². The summed E-state index contributed by atoms with van der Waals surface area (Å²) in [5.74, 6) is 2.99. The fraction of sp³-hybridized carbons (Fsp3) is 1.00. The van der Waals surface area contributed by atoms with E-state index in [0.717, 1.165) is 23.8 Å². The van der Waals surface area contributed by atoms with Gasteiger partial charge in [0, 0.05) is 17.1 Å². The minimum Gasteiger partial charge on any atom is -0.301 e. The summed E-state index contributed by atoms with van der Waals surface area (Å²) in [6, 6.07) is 0.999. The Kier molecular flexibility index (Phi) is 8.15. The maximum absolute atomic E-state index is 2.91. The van der Waals surface area contributed by atoms with Crippen molar-refractivity contribution in [2.75, 3.05) is 20.1 Å². The Bertz CT molecular complexity index is 483. The molecule has 0 atom stereocenters. The molecule has 3 aliphatic carbocycles. The molecule has 0 radical (unpaired) electrons. The van der Waals surface area contributed by atoms with Gasteiger partial charge in [0.1, 0.15) is 0 Å². The van der Waals surface area contributed by atoms with Crippen molar-refractivity contribution in [1.29, 1.82) is 0 Å². The molecule has 5 fully saturated rings. The number of piperidine rings is 2. The Labute approximate surface area is 183 Å². The van der Waals surface area contributed by atoms with Crippen molar-refractivity contribution >= 4 is 0 Å². The summed E-state index contributed by atoms with van der Waals surface area (Å²) in [6.07, 6.45) is 19.2. The Morgan fingerprint density at radius 3 is 1.93 bits per heavy atom. The van der Waals surface area contributed by atoms with Crippen molar-refractivity contribution in [3.8, 4) is 0 Å². The SMILES string of the molecule is CC.CC(C)C1CC2(CCCCN2C2CC2)C1.CCC1CC2(CCCCN2C)C1. The first kappa shape index (κ1) is 23.6. The number of rotatable bonds is 3. The van der Waals surface area contributed by atoms with Crippen molar-refractivity contribution in [2.24, 2.45) is 17.8 Å². The lowest BCUT2D eigenvalue weighted by Gasteiger charge is -2.58. The highest BCUT2D eigenvalue weighted by Crippen LogP contribution is 2.53. The molecule has 3 saturated carbocycles. The maximum atomic E-state index is 2.91. The normalized spacial score (nSPS) is 39.8. The van der Waals surface area contributed by atoms with Crippen LogP contribution in [0.25, 0.3) is 0 Å². The molecule has 2 aliphatic heterocycles. The predicted octanol–water partition coefficient (Wildman–Crippen LogP) is 7.13. The summed E-state index contributed by atoms with van der Waals surface area (Å²) in [6.45, 7) is 13.9. The number of nitrogens with zero attached hydrogens (tertiary/aromatic N) is 2. The first-order chi connectivity index (χ1) is 14.0. The van der Waals surface area contributed by atoms with E-state index >= 15 is 0 Å². The van der Waals surface area contributed by atoms with Crippen LogP contribution in [0.1, 0.15) is 118 Å². The van der Waals surface area contributed by atoms with Crippen LogP contribution in [0.2, 0.25) is 0 Å². The smallest absolute Gasteiger partial charge is 0.0218 e. The molecule has 2 nitrogen and oxygen atoms in total. The van der Waals surface area contributed by atoms with Gasteiger partial charge in [0.25, 0.3) is 0 Å². The highest BCUT2D eigenvalue weighted by atomic mass is 15.3. The second-order valence-electron chi connectivity index (χ2n) is 11.3. The Morgan fingerprint density at radius 2 is 1.41 bits per heavy atom. The van der Waals surface area contributed by atoms with Gasteiger partial charge in [-0.2, -0.15) is 0 Å². The molecule has 2 heterocycles. The van der Waals surface area contributed by atoms with E-state index in [1.54, 1.807) is 0 Å². The predicted molar refractivity (Wildman–Crippen MR) is 127 cm³/mol. The molecule has 0 aromatic carbocycles. The second kappa shape index (κ2) is 10.0. The number of hydrogen-bond donors (Lipinski definition) is 0. The van der Waals surface area contributed by atoms with Crippen molar-refractivity contribution in [3.05, 3.63) is 0 Å². The van der Waals surface area contributed by atoms with Crippen LogP contribution < -0.4 is 0 Å². The summed E-state index contributed by atoms with van der Waals surface area (Å²) in [4.78, 5) is 5.54. The van der Waals surface area contributed by atoms with Gasteiger partial charge in [-0.05, 0) is 102 Å². The van der Waals surface area contributed by atoms with Gasteiger partial charge in [0.2, 0.25) is 0 Å². The fourth-order valence-corrected chi connectivity index (χ4v) is 6.95. The zero-order chi connectivity index (χ0) is 21.1. The first-order valence-corrected chi connectivity index (χ1v) is 13.5. The third kappa shape index (κ3) is 5.05. The van der Waals surface area contributed by atoms with Gasteiger partial charge in [-0.1, -0.05) is 53.9 Å². The summed E-state index contributed by atoms with van der Waals surface area (Å²) in [7, 11) is 2.32. The molecular formula is C27H52N2. The zero-order valence-corrected chi connectivity index (χ0v) is 20.8. The first-order valence-electron chi connectivity index (χ1n) is 13.5. The highest BCUT2D eigenvalue weighted by Gasteiger charge is 2.53. The molecule has 2 spiro atoms. The Balaban J connectivity index is 0.000000156. The molecule has 2 heteroatoms. The van der Waals surface area contributed by atoms with Gasteiger partial charge < -0.3 is 4.90 Å². The summed E-state index contributed by atoms with van der Waals surface area (Å²) < 4.78 is 0. The molecular weight excluding hydrogens is 352 g/mol. The van der Waals surface area contributed by atoms with E-state index in [1.165, 1.54) is 96.6 Å². The highest BCUT2D eigenvalue weighted by molar-refractivity contribution is 5.08. The van der Waals surface area contributed by atoms with Crippen LogP contribution in [0.3, 0.4) is 0 Å². The van der Waals surface area contributed by atoms with Crippen LogP contribution in [-0.2, 0) is 0 Å². The second-order valence-corrected chi connectivity index (χ2v) is 11.3. The average Bonchev–Trinajstić information content (AvgIpc) is 3.52. The third-order valence-electron chi connectivity index (χ3n) is 9.23. The lowest BCUT2D eigenvalue weighted by Crippen LogP contribution is -2.61. The average molecular weight is 405 g/mol. The van der Waals surface area contributed by atoms with Crippen LogP contribution in [0.15, 0.2) is 0 Å². The van der Waals surface area contributed by atoms with E-state index in [9.17, 15) is 0 Å². The van der Waals surface area contributed by atoms with Gasteiger partial charge in [0.05, 0.1) is 0 Å². The van der Waals surface area contributed by atoms with E-state index in [-0.39, 0.29) is 0 Å². The van der Waals surface area contributed by atoms with E-state index in [1.807, 2.05) is 13.8 Å².